The van der Waals surface area contributed by atoms with Crippen molar-refractivity contribution in [2.75, 3.05) is 0 Å². The Morgan fingerprint density at radius 2 is 1.67 bits per heavy atom. The van der Waals surface area contributed by atoms with Crippen molar-refractivity contribution in [3.05, 3.63) is 5.54 Å². The van der Waals surface area contributed by atoms with Crippen LogP contribution in [0.5, 0.6) is 0 Å². The molecule has 1 saturated carbocycles. The zero-order valence-corrected chi connectivity index (χ0v) is 13.2. The fraction of sp³-hybridized carbons (Fsp3) is 0.923. The molecule has 0 nitrogen and oxygen atoms in total. The monoisotopic (exact) mass is 240 g/mol. The number of rotatable bonds is 5. The minimum Gasteiger partial charge on any atom is -0.0713 e. The van der Waals surface area contributed by atoms with E-state index in [2.05, 4.69) is 26.2 Å². The lowest BCUT2D eigenvalue weighted by atomic mass is 10.0. The van der Waals surface area contributed by atoms with Crippen LogP contribution in [-0.2, 0) is 0 Å². The van der Waals surface area contributed by atoms with Gasteiger partial charge in [-0.1, -0.05) is 25.6 Å². The zero-order valence-electron chi connectivity index (χ0n) is 11.2. The van der Waals surface area contributed by atoms with Crippen LogP contribution in [0.3, 0.4) is 0 Å². The maximum Gasteiger partial charge on any atom is 0.264 e. The molecule has 1 radical (unpaired) electrons. The van der Waals surface area contributed by atoms with E-state index >= 15 is 0 Å². The third-order valence-electron chi connectivity index (χ3n) is 3.89. The van der Waals surface area contributed by atoms with Gasteiger partial charge in [0.2, 0.25) is 0 Å². The summed E-state index contributed by atoms with van der Waals surface area (Å²) in [4.78, 5) is 0. The third-order valence-corrected chi connectivity index (χ3v) is 9.26. The van der Waals surface area contributed by atoms with E-state index in [4.69, 9.17) is 0 Å². The molecule has 87 valence electrons. The van der Waals surface area contributed by atoms with Gasteiger partial charge in [-0.2, -0.15) is 0 Å². The molecule has 0 spiro atoms. The Morgan fingerprint density at radius 1 is 1.07 bits per heavy atom. The summed E-state index contributed by atoms with van der Waals surface area (Å²) >= 11 is 0. The fourth-order valence-electron chi connectivity index (χ4n) is 2.72. The Balaban J connectivity index is 2.29. The second kappa shape index (κ2) is 6.14. The molecule has 1 aliphatic rings. The van der Waals surface area contributed by atoms with Gasteiger partial charge in [0, 0.05) is 14.3 Å². The summed E-state index contributed by atoms with van der Waals surface area (Å²) in [5.41, 5.74) is 2.01. The van der Waals surface area contributed by atoms with Gasteiger partial charge < -0.3 is 0 Å². The molecule has 0 aliphatic heterocycles. The summed E-state index contributed by atoms with van der Waals surface area (Å²) in [5, 5.41) is 0. The molecular weight excluding hydrogens is 212 g/mol. The molecule has 1 rings (SSSR count). The van der Waals surface area contributed by atoms with E-state index in [1.807, 2.05) is 5.54 Å². The van der Waals surface area contributed by atoms with E-state index in [-0.39, 0.29) is 8.80 Å². The smallest absolute Gasteiger partial charge is 0.0713 e. The second-order valence-corrected chi connectivity index (χ2v) is 14.0. The lowest BCUT2D eigenvalue weighted by Gasteiger charge is -2.25. The van der Waals surface area contributed by atoms with Gasteiger partial charge in [-0.25, -0.2) is 0 Å². The van der Waals surface area contributed by atoms with Crippen LogP contribution in [0, 0.1) is 5.54 Å². The Kier molecular flexibility index (Phi) is 5.47. The largest absolute Gasteiger partial charge is 0.264 e. The first-order chi connectivity index (χ1) is 7.02. The van der Waals surface area contributed by atoms with Gasteiger partial charge in [0.15, 0.2) is 0 Å². The molecule has 1 aliphatic carbocycles. The van der Waals surface area contributed by atoms with Gasteiger partial charge in [-0.05, 0) is 38.4 Å². The highest BCUT2D eigenvalue weighted by Gasteiger charge is 2.43. The first kappa shape index (κ1) is 13.4. The van der Waals surface area contributed by atoms with Crippen LogP contribution in [0.2, 0.25) is 38.3 Å². The third kappa shape index (κ3) is 4.77. The Morgan fingerprint density at radius 3 is 2.20 bits per heavy atom. The molecule has 0 aromatic rings. The molecule has 0 atom stereocenters. The van der Waals surface area contributed by atoms with Gasteiger partial charge in [0.1, 0.15) is 0 Å². The minimum atomic E-state index is -0.936. The molecule has 0 bridgehead atoms. The Bertz CT molecular complexity index is 169. The predicted octanol–water partition coefficient (Wildman–Crippen LogP) is 4.92. The van der Waals surface area contributed by atoms with Crippen LogP contribution in [0.15, 0.2) is 0 Å². The van der Waals surface area contributed by atoms with Crippen LogP contribution in [0.4, 0.5) is 0 Å². The van der Waals surface area contributed by atoms with E-state index < -0.39 is 8.07 Å². The average molecular weight is 241 g/mol. The zero-order chi connectivity index (χ0) is 11.3. The van der Waals surface area contributed by atoms with Crippen molar-refractivity contribution in [1.29, 1.82) is 0 Å². The van der Waals surface area contributed by atoms with Gasteiger partial charge in [0.25, 0.3) is 8.07 Å². The van der Waals surface area contributed by atoms with Crippen LogP contribution < -0.4 is 0 Å². The quantitative estimate of drug-likeness (QED) is 0.473. The first-order valence-electron chi connectivity index (χ1n) is 6.66. The number of hydrogen-bond donors (Lipinski definition) is 0. The van der Waals surface area contributed by atoms with Crippen LogP contribution in [0.25, 0.3) is 0 Å². The summed E-state index contributed by atoms with van der Waals surface area (Å²) < 4.78 is 0. The predicted molar refractivity (Wildman–Crippen MR) is 75.5 cm³/mol. The highest BCUT2D eigenvalue weighted by atomic mass is 28.3. The van der Waals surface area contributed by atoms with Crippen LogP contribution >= 0.6 is 0 Å². The van der Waals surface area contributed by atoms with Crippen molar-refractivity contribution in [2.45, 2.75) is 76.8 Å². The van der Waals surface area contributed by atoms with Gasteiger partial charge in [-0.3, -0.25) is 0 Å². The van der Waals surface area contributed by atoms with Gasteiger partial charge in [0.05, 0.1) is 12.8 Å². The first-order valence-corrected chi connectivity index (χ1v) is 12.6. The topological polar surface area (TPSA) is 0 Å². The molecule has 0 aromatic carbocycles. The summed E-state index contributed by atoms with van der Waals surface area (Å²) in [7, 11) is -0.910. The fourth-order valence-corrected chi connectivity index (χ4v) is 7.07. The minimum absolute atomic E-state index is 0.0263. The highest BCUT2D eigenvalue weighted by molar-refractivity contribution is 6.82. The molecule has 15 heavy (non-hydrogen) atoms. The molecule has 2 heteroatoms. The van der Waals surface area contributed by atoms with E-state index in [1.54, 1.807) is 6.04 Å². The number of hydrogen-bond acceptors (Lipinski definition) is 0. The van der Waals surface area contributed by atoms with Gasteiger partial charge >= 0.3 is 0 Å². The normalized spacial score (nSPS) is 18.6. The molecule has 0 aromatic heterocycles. The molecule has 0 unspecified atom stereocenters. The summed E-state index contributed by atoms with van der Waals surface area (Å²) in [6, 6.07) is 3.10. The van der Waals surface area contributed by atoms with Crippen molar-refractivity contribution in [3.63, 3.8) is 0 Å². The van der Waals surface area contributed by atoms with E-state index in [1.165, 1.54) is 44.6 Å². The summed E-state index contributed by atoms with van der Waals surface area (Å²) in [5.74, 6) is 0. The van der Waals surface area contributed by atoms with Crippen molar-refractivity contribution >= 4 is 16.9 Å². The lowest BCUT2D eigenvalue weighted by Crippen LogP contribution is -2.36. The summed E-state index contributed by atoms with van der Waals surface area (Å²) in [6.45, 7) is 10.1. The van der Waals surface area contributed by atoms with E-state index in [0.717, 1.165) is 0 Å². The standard InChI is InChI=1S/C13H28Si2/c1-14(2)11-8-12-15(3,4)13-9-6-5-7-10-13/h5-12H2,1-4H3/q+1. The van der Waals surface area contributed by atoms with Crippen molar-refractivity contribution in [2.24, 2.45) is 0 Å². The maximum atomic E-state index is 2.62. The average Bonchev–Trinajstić information content (AvgIpc) is 2.18. The SMILES string of the molecule is C[Si](C)CCC[Si](C)(C)[C+]1CCCCC1. The Labute approximate surface area is 99.5 Å². The molecular formula is C13H28Si2+. The van der Waals surface area contributed by atoms with E-state index in [0.29, 0.717) is 0 Å². The highest BCUT2D eigenvalue weighted by Crippen LogP contribution is 2.36. The van der Waals surface area contributed by atoms with Crippen LogP contribution in [-0.4, -0.2) is 16.9 Å². The van der Waals surface area contributed by atoms with Crippen molar-refractivity contribution < 1.29 is 0 Å². The molecule has 0 amide bonds. The van der Waals surface area contributed by atoms with Crippen LogP contribution in [0.1, 0.15) is 38.5 Å². The Hall–Kier alpha value is 0.304. The summed E-state index contributed by atoms with van der Waals surface area (Å²) in [6.07, 6.45) is 8.95. The second-order valence-electron chi connectivity index (χ2n) is 6.11. The lowest BCUT2D eigenvalue weighted by molar-refractivity contribution is 0.566. The van der Waals surface area contributed by atoms with E-state index in [9.17, 15) is 0 Å². The van der Waals surface area contributed by atoms with Gasteiger partial charge in [-0.15, -0.1) is 0 Å². The molecule has 0 heterocycles. The van der Waals surface area contributed by atoms with Crippen molar-refractivity contribution in [1.82, 2.24) is 0 Å². The molecule has 0 N–H and O–H groups in total. The maximum absolute atomic E-state index is 2.62. The molecule has 0 saturated heterocycles. The molecule has 1 fully saturated rings. The van der Waals surface area contributed by atoms with Crippen molar-refractivity contribution in [3.8, 4) is 0 Å².